The molecule has 2 rings (SSSR count). The van der Waals surface area contributed by atoms with Gasteiger partial charge in [0.05, 0.1) is 0 Å². The number of benzene rings is 1. The van der Waals surface area contributed by atoms with Crippen molar-refractivity contribution in [3.8, 4) is 0 Å². The maximum absolute atomic E-state index is 12.2. The lowest BCUT2D eigenvalue weighted by atomic mass is 10.2. The first kappa shape index (κ1) is 13.9. The van der Waals surface area contributed by atoms with Crippen LogP contribution in [-0.2, 0) is 0 Å². The van der Waals surface area contributed by atoms with E-state index in [2.05, 4.69) is 28.2 Å². The zero-order chi connectivity index (χ0) is 13.0. The summed E-state index contributed by atoms with van der Waals surface area (Å²) in [4.78, 5) is 12.2. The number of halogens is 1. The molecular formula is C14H18BrNOS. The predicted octanol–water partition coefficient (Wildman–Crippen LogP) is 3.85. The second-order valence-corrected chi connectivity index (χ2v) is 6.95. The highest BCUT2D eigenvalue weighted by molar-refractivity contribution is 9.10. The van der Waals surface area contributed by atoms with Crippen molar-refractivity contribution in [1.82, 2.24) is 5.32 Å². The molecule has 0 aromatic heterocycles. The summed E-state index contributed by atoms with van der Waals surface area (Å²) in [6.45, 7) is 2.18. The van der Waals surface area contributed by atoms with Crippen molar-refractivity contribution in [1.29, 1.82) is 0 Å². The highest BCUT2D eigenvalue weighted by Gasteiger charge is 2.28. The van der Waals surface area contributed by atoms with Gasteiger partial charge in [0.15, 0.2) is 0 Å². The van der Waals surface area contributed by atoms with Crippen LogP contribution in [0.15, 0.2) is 28.7 Å². The molecule has 98 valence electrons. The van der Waals surface area contributed by atoms with Gasteiger partial charge in [-0.15, -0.1) is 0 Å². The first-order valence-corrected chi connectivity index (χ1v) is 8.23. The van der Waals surface area contributed by atoms with Crippen LogP contribution >= 0.6 is 27.7 Å². The average molecular weight is 328 g/mol. The Morgan fingerprint density at radius 2 is 2.33 bits per heavy atom. The number of nitrogens with one attached hydrogen (secondary N) is 1. The third-order valence-corrected chi connectivity index (χ3v) is 5.06. The number of amides is 1. The number of carbonyl (C=O) groups is 1. The maximum Gasteiger partial charge on any atom is 0.251 e. The van der Waals surface area contributed by atoms with Crippen molar-refractivity contribution in [3.63, 3.8) is 0 Å². The van der Waals surface area contributed by atoms with Crippen LogP contribution in [0.5, 0.6) is 0 Å². The molecule has 2 nitrogen and oxygen atoms in total. The molecule has 2 atom stereocenters. The van der Waals surface area contributed by atoms with E-state index in [-0.39, 0.29) is 5.91 Å². The fourth-order valence-corrected chi connectivity index (χ4v) is 3.98. The lowest BCUT2D eigenvalue weighted by molar-refractivity contribution is 0.0938. The summed E-state index contributed by atoms with van der Waals surface area (Å²) in [6.07, 6.45) is 3.56. The Morgan fingerprint density at radius 1 is 1.50 bits per heavy atom. The predicted molar refractivity (Wildman–Crippen MR) is 81.2 cm³/mol. The monoisotopic (exact) mass is 327 g/mol. The highest BCUT2D eigenvalue weighted by atomic mass is 79.9. The Kier molecular flexibility index (Phi) is 5.13. The first-order chi connectivity index (χ1) is 8.70. The van der Waals surface area contributed by atoms with E-state index in [4.69, 9.17) is 0 Å². The second kappa shape index (κ2) is 6.62. The van der Waals surface area contributed by atoms with Crippen LogP contribution in [0.25, 0.3) is 0 Å². The van der Waals surface area contributed by atoms with E-state index >= 15 is 0 Å². The van der Waals surface area contributed by atoms with E-state index in [1.165, 1.54) is 12.8 Å². The van der Waals surface area contributed by atoms with E-state index in [1.807, 2.05) is 36.0 Å². The van der Waals surface area contributed by atoms with Crippen molar-refractivity contribution in [2.45, 2.75) is 37.5 Å². The molecule has 0 saturated heterocycles. The SMILES string of the molecule is CCSC1CCCC1NC(=O)c1cccc(Br)c1. The van der Waals surface area contributed by atoms with E-state index in [1.54, 1.807) is 0 Å². The number of rotatable bonds is 4. The third-order valence-electron chi connectivity index (χ3n) is 3.24. The number of hydrogen-bond donors (Lipinski definition) is 1. The lowest BCUT2D eigenvalue weighted by Crippen LogP contribution is -2.38. The minimum absolute atomic E-state index is 0.0462. The molecule has 1 amide bonds. The maximum atomic E-state index is 12.2. The van der Waals surface area contributed by atoms with Crippen molar-refractivity contribution in [2.24, 2.45) is 0 Å². The normalized spacial score (nSPS) is 23.0. The zero-order valence-corrected chi connectivity index (χ0v) is 12.9. The van der Waals surface area contributed by atoms with Crippen LogP contribution in [0.2, 0.25) is 0 Å². The molecule has 0 radical (unpaired) electrons. The second-order valence-electron chi connectivity index (χ2n) is 4.51. The largest absolute Gasteiger partial charge is 0.348 e. The summed E-state index contributed by atoms with van der Waals surface area (Å²) in [6, 6.07) is 7.89. The highest BCUT2D eigenvalue weighted by Crippen LogP contribution is 2.30. The van der Waals surface area contributed by atoms with Crippen LogP contribution in [0, 0.1) is 0 Å². The molecule has 0 bridgehead atoms. The number of thioether (sulfide) groups is 1. The van der Waals surface area contributed by atoms with Gasteiger partial charge in [-0.3, -0.25) is 4.79 Å². The van der Waals surface area contributed by atoms with E-state index < -0.39 is 0 Å². The van der Waals surface area contributed by atoms with Gasteiger partial charge in [0.1, 0.15) is 0 Å². The minimum atomic E-state index is 0.0462. The molecule has 4 heteroatoms. The molecular weight excluding hydrogens is 310 g/mol. The molecule has 1 fully saturated rings. The molecule has 1 N–H and O–H groups in total. The average Bonchev–Trinajstić information content (AvgIpc) is 2.77. The zero-order valence-electron chi connectivity index (χ0n) is 10.5. The molecule has 1 aromatic rings. The van der Waals surface area contributed by atoms with Crippen LogP contribution in [0.1, 0.15) is 36.5 Å². The lowest BCUT2D eigenvalue weighted by Gasteiger charge is -2.20. The minimum Gasteiger partial charge on any atom is -0.348 e. The van der Waals surface area contributed by atoms with Crippen molar-refractivity contribution >= 4 is 33.6 Å². The van der Waals surface area contributed by atoms with Crippen molar-refractivity contribution in [3.05, 3.63) is 34.3 Å². The Bertz CT molecular complexity index is 424. The molecule has 0 aliphatic heterocycles. The molecule has 18 heavy (non-hydrogen) atoms. The van der Waals surface area contributed by atoms with Gasteiger partial charge >= 0.3 is 0 Å². The summed E-state index contributed by atoms with van der Waals surface area (Å²) in [5.74, 6) is 1.17. The van der Waals surface area contributed by atoms with E-state index in [9.17, 15) is 4.79 Å². The topological polar surface area (TPSA) is 29.1 Å². The summed E-state index contributed by atoms with van der Waals surface area (Å²) >= 11 is 5.36. The van der Waals surface area contributed by atoms with Gasteiger partial charge in [-0.25, -0.2) is 0 Å². The molecule has 1 saturated carbocycles. The summed E-state index contributed by atoms with van der Waals surface area (Å²) in [5.41, 5.74) is 0.733. The van der Waals surface area contributed by atoms with Crippen LogP contribution in [-0.4, -0.2) is 23.0 Å². The van der Waals surface area contributed by atoms with E-state index in [0.717, 1.165) is 22.2 Å². The number of carbonyl (C=O) groups excluding carboxylic acids is 1. The van der Waals surface area contributed by atoms with E-state index in [0.29, 0.717) is 11.3 Å². The standard InChI is InChI=1S/C14H18BrNOS/c1-2-18-13-8-4-7-12(13)16-14(17)10-5-3-6-11(15)9-10/h3,5-6,9,12-13H,2,4,7-8H2,1H3,(H,16,17). The van der Waals surface area contributed by atoms with Gasteiger partial charge < -0.3 is 5.32 Å². The van der Waals surface area contributed by atoms with Crippen LogP contribution < -0.4 is 5.32 Å². The van der Waals surface area contributed by atoms with Gasteiger partial charge in [0.2, 0.25) is 0 Å². The van der Waals surface area contributed by atoms with Gasteiger partial charge in [0, 0.05) is 21.3 Å². The Hall–Kier alpha value is -0.480. The van der Waals surface area contributed by atoms with Crippen molar-refractivity contribution < 1.29 is 4.79 Å². The summed E-state index contributed by atoms with van der Waals surface area (Å²) < 4.78 is 0.945. The Morgan fingerprint density at radius 3 is 3.06 bits per heavy atom. The molecule has 1 aromatic carbocycles. The Balaban J connectivity index is 1.98. The smallest absolute Gasteiger partial charge is 0.251 e. The van der Waals surface area contributed by atoms with Crippen LogP contribution in [0.4, 0.5) is 0 Å². The fourth-order valence-electron chi connectivity index (χ4n) is 2.39. The van der Waals surface area contributed by atoms with Gasteiger partial charge in [-0.05, 0) is 36.8 Å². The quantitative estimate of drug-likeness (QED) is 0.909. The Labute approximate surface area is 121 Å². The molecule has 1 aliphatic carbocycles. The van der Waals surface area contributed by atoms with Gasteiger partial charge in [0.25, 0.3) is 5.91 Å². The molecule has 1 aliphatic rings. The van der Waals surface area contributed by atoms with Crippen molar-refractivity contribution in [2.75, 3.05) is 5.75 Å². The summed E-state index contributed by atoms with van der Waals surface area (Å²) in [5, 5.41) is 3.77. The fraction of sp³-hybridized carbons (Fsp3) is 0.500. The van der Waals surface area contributed by atoms with Gasteiger partial charge in [-0.1, -0.05) is 35.3 Å². The molecule has 0 spiro atoms. The van der Waals surface area contributed by atoms with Crippen LogP contribution in [0.3, 0.4) is 0 Å². The number of hydrogen-bond acceptors (Lipinski definition) is 2. The molecule has 0 heterocycles. The summed E-state index contributed by atoms with van der Waals surface area (Å²) in [7, 11) is 0. The third kappa shape index (κ3) is 3.51. The van der Waals surface area contributed by atoms with Gasteiger partial charge in [-0.2, -0.15) is 11.8 Å². The molecule has 2 unspecified atom stereocenters. The first-order valence-electron chi connectivity index (χ1n) is 6.38.